The molecule has 0 aliphatic heterocycles. The van der Waals surface area contributed by atoms with Crippen molar-refractivity contribution >= 4 is 39.6 Å². The van der Waals surface area contributed by atoms with Gasteiger partial charge >= 0.3 is 0 Å². The molecule has 2 aromatic heterocycles. The fourth-order valence-electron chi connectivity index (χ4n) is 3.00. The van der Waals surface area contributed by atoms with Gasteiger partial charge in [-0.05, 0) is 23.8 Å². The fourth-order valence-corrected chi connectivity index (χ4v) is 3.83. The fraction of sp³-hybridized carbons (Fsp3) is 0.100. The highest BCUT2D eigenvalue weighted by Gasteiger charge is 2.16. The van der Waals surface area contributed by atoms with Crippen LogP contribution in [0.3, 0.4) is 0 Å². The SMILES string of the molecule is O=C(Cc1nccs1)c1cn(Cc2cccc(Cl)c2)c2ccccc12. The van der Waals surface area contributed by atoms with Gasteiger partial charge in [0.1, 0.15) is 5.01 Å². The van der Waals surface area contributed by atoms with Gasteiger partial charge in [-0.1, -0.05) is 41.9 Å². The van der Waals surface area contributed by atoms with Crippen LogP contribution in [0.1, 0.15) is 20.9 Å². The molecule has 0 atom stereocenters. The Balaban J connectivity index is 1.72. The largest absolute Gasteiger partial charge is 0.342 e. The lowest BCUT2D eigenvalue weighted by atomic mass is 10.1. The van der Waals surface area contributed by atoms with Crippen molar-refractivity contribution in [1.29, 1.82) is 0 Å². The van der Waals surface area contributed by atoms with E-state index in [2.05, 4.69) is 9.55 Å². The van der Waals surface area contributed by atoms with Crippen LogP contribution >= 0.6 is 22.9 Å². The second-order valence-corrected chi connectivity index (χ2v) is 7.26. The molecule has 0 N–H and O–H groups in total. The molecule has 0 bridgehead atoms. The van der Waals surface area contributed by atoms with Crippen molar-refractivity contribution in [2.24, 2.45) is 0 Å². The second-order valence-electron chi connectivity index (χ2n) is 5.84. The zero-order chi connectivity index (χ0) is 17.2. The second kappa shape index (κ2) is 6.82. The number of benzene rings is 2. The average Bonchev–Trinajstić information content (AvgIpc) is 3.23. The number of thiazole rings is 1. The molecule has 0 fully saturated rings. The van der Waals surface area contributed by atoms with Gasteiger partial charge < -0.3 is 4.57 Å². The van der Waals surface area contributed by atoms with E-state index in [9.17, 15) is 4.79 Å². The van der Waals surface area contributed by atoms with Gasteiger partial charge in [0.25, 0.3) is 0 Å². The maximum Gasteiger partial charge on any atom is 0.171 e. The first-order valence-corrected chi connectivity index (χ1v) is 9.20. The quantitative estimate of drug-likeness (QED) is 0.453. The number of para-hydroxylation sites is 1. The molecule has 0 aliphatic rings. The molecule has 0 saturated carbocycles. The predicted molar refractivity (Wildman–Crippen MR) is 103 cm³/mol. The number of hydrogen-bond donors (Lipinski definition) is 0. The van der Waals surface area contributed by atoms with Crippen LogP contribution < -0.4 is 0 Å². The normalized spacial score (nSPS) is 11.1. The van der Waals surface area contributed by atoms with Gasteiger partial charge in [0.15, 0.2) is 5.78 Å². The molecule has 0 amide bonds. The summed E-state index contributed by atoms with van der Waals surface area (Å²) in [6, 6.07) is 15.8. The highest BCUT2D eigenvalue weighted by molar-refractivity contribution is 7.09. The van der Waals surface area contributed by atoms with E-state index in [1.165, 1.54) is 11.3 Å². The minimum Gasteiger partial charge on any atom is -0.342 e. The number of Topliss-reactive ketones (excluding diaryl/α,β-unsaturated/α-hetero) is 1. The van der Waals surface area contributed by atoms with Gasteiger partial charge in [0.2, 0.25) is 0 Å². The van der Waals surface area contributed by atoms with E-state index in [1.54, 1.807) is 6.20 Å². The Kier molecular flexibility index (Phi) is 4.38. The van der Waals surface area contributed by atoms with Crippen molar-refractivity contribution in [3.63, 3.8) is 0 Å². The first-order chi connectivity index (χ1) is 12.2. The third-order valence-electron chi connectivity index (χ3n) is 4.13. The number of rotatable bonds is 5. The van der Waals surface area contributed by atoms with Gasteiger partial charge in [-0.3, -0.25) is 4.79 Å². The topological polar surface area (TPSA) is 34.9 Å². The zero-order valence-corrected chi connectivity index (χ0v) is 14.9. The van der Waals surface area contributed by atoms with Crippen LogP contribution in [0.15, 0.2) is 66.3 Å². The lowest BCUT2D eigenvalue weighted by Crippen LogP contribution is -2.03. The summed E-state index contributed by atoms with van der Waals surface area (Å²) in [6.07, 6.45) is 4.01. The lowest BCUT2D eigenvalue weighted by molar-refractivity contribution is 0.0994. The Bertz CT molecular complexity index is 1040. The van der Waals surface area contributed by atoms with Gasteiger partial charge in [0.05, 0.1) is 6.42 Å². The van der Waals surface area contributed by atoms with E-state index in [0.717, 1.165) is 27.0 Å². The highest BCUT2D eigenvalue weighted by atomic mass is 35.5. The van der Waals surface area contributed by atoms with Crippen molar-refractivity contribution in [3.05, 3.63) is 87.5 Å². The Labute approximate surface area is 154 Å². The van der Waals surface area contributed by atoms with E-state index in [1.807, 2.05) is 60.1 Å². The molecular formula is C20H15ClN2OS. The summed E-state index contributed by atoms with van der Waals surface area (Å²) in [6.45, 7) is 0.672. The number of hydrogen-bond acceptors (Lipinski definition) is 3. The van der Waals surface area contributed by atoms with E-state index >= 15 is 0 Å². The molecule has 0 saturated heterocycles. The molecule has 0 spiro atoms. The molecule has 25 heavy (non-hydrogen) atoms. The number of carbonyl (C=O) groups excluding carboxylic acids is 1. The van der Waals surface area contributed by atoms with Crippen molar-refractivity contribution in [1.82, 2.24) is 9.55 Å². The molecule has 4 aromatic rings. The van der Waals surface area contributed by atoms with Crippen molar-refractivity contribution < 1.29 is 4.79 Å². The average molecular weight is 367 g/mol. The highest BCUT2D eigenvalue weighted by Crippen LogP contribution is 2.24. The minimum atomic E-state index is 0.0935. The number of carbonyl (C=O) groups is 1. The summed E-state index contributed by atoms with van der Waals surface area (Å²) in [5.74, 6) is 0.0935. The lowest BCUT2D eigenvalue weighted by Gasteiger charge is -2.05. The number of nitrogens with zero attached hydrogens (tertiary/aromatic N) is 2. The van der Waals surface area contributed by atoms with E-state index < -0.39 is 0 Å². The van der Waals surface area contributed by atoms with Crippen LogP contribution in [-0.4, -0.2) is 15.3 Å². The van der Waals surface area contributed by atoms with Crippen LogP contribution in [0.2, 0.25) is 5.02 Å². The molecule has 0 radical (unpaired) electrons. The van der Waals surface area contributed by atoms with Crippen molar-refractivity contribution in [2.45, 2.75) is 13.0 Å². The Morgan fingerprint density at radius 2 is 2.04 bits per heavy atom. The van der Waals surface area contributed by atoms with E-state index in [4.69, 9.17) is 11.6 Å². The zero-order valence-electron chi connectivity index (χ0n) is 13.4. The molecule has 3 nitrogen and oxygen atoms in total. The number of halogens is 1. The van der Waals surface area contributed by atoms with Crippen LogP contribution in [0.4, 0.5) is 0 Å². The third-order valence-corrected chi connectivity index (χ3v) is 5.14. The molecule has 0 aliphatic carbocycles. The predicted octanol–water partition coefficient (Wildman–Crippen LogP) is 5.22. The van der Waals surface area contributed by atoms with Gasteiger partial charge in [-0.25, -0.2) is 4.98 Å². The van der Waals surface area contributed by atoms with Gasteiger partial charge in [-0.2, -0.15) is 0 Å². The smallest absolute Gasteiger partial charge is 0.171 e. The van der Waals surface area contributed by atoms with Crippen LogP contribution in [-0.2, 0) is 13.0 Å². The summed E-state index contributed by atoms with van der Waals surface area (Å²) in [4.78, 5) is 17.0. The third kappa shape index (κ3) is 3.36. The summed E-state index contributed by atoms with van der Waals surface area (Å²) < 4.78 is 2.11. The number of ketones is 1. The van der Waals surface area contributed by atoms with Gasteiger partial charge in [0, 0.05) is 45.8 Å². The van der Waals surface area contributed by atoms with Crippen LogP contribution in [0.5, 0.6) is 0 Å². The van der Waals surface area contributed by atoms with Crippen molar-refractivity contribution in [2.75, 3.05) is 0 Å². The van der Waals surface area contributed by atoms with Crippen molar-refractivity contribution in [3.8, 4) is 0 Å². The van der Waals surface area contributed by atoms with Crippen LogP contribution in [0, 0.1) is 0 Å². The monoisotopic (exact) mass is 366 g/mol. The molecule has 124 valence electrons. The molecule has 2 aromatic carbocycles. The summed E-state index contributed by atoms with van der Waals surface area (Å²) in [5.41, 5.74) is 2.89. The minimum absolute atomic E-state index is 0.0935. The molecule has 0 unspecified atom stereocenters. The van der Waals surface area contributed by atoms with E-state index in [-0.39, 0.29) is 5.78 Å². The number of aromatic nitrogens is 2. The summed E-state index contributed by atoms with van der Waals surface area (Å²) >= 11 is 7.60. The first kappa shape index (κ1) is 16.1. The molecule has 5 heteroatoms. The van der Waals surface area contributed by atoms with Gasteiger partial charge in [-0.15, -0.1) is 11.3 Å². The summed E-state index contributed by atoms with van der Waals surface area (Å²) in [5, 5.41) is 4.43. The number of fused-ring (bicyclic) bond motifs is 1. The maximum atomic E-state index is 12.8. The first-order valence-electron chi connectivity index (χ1n) is 7.94. The standard InChI is InChI=1S/C20H15ClN2OS/c21-15-5-3-4-14(10-15)12-23-13-17(16-6-1-2-7-18(16)23)19(24)11-20-22-8-9-25-20/h1-10,13H,11-12H2. The molecule has 2 heterocycles. The Morgan fingerprint density at radius 1 is 1.16 bits per heavy atom. The Hall–Kier alpha value is -2.43. The Morgan fingerprint density at radius 3 is 2.84 bits per heavy atom. The summed E-state index contributed by atoms with van der Waals surface area (Å²) in [7, 11) is 0. The van der Waals surface area contributed by atoms with E-state index in [0.29, 0.717) is 18.0 Å². The molecule has 4 rings (SSSR count). The maximum absolute atomic E-state index is 12.8. The molecular weight excluding hydrogens is 352 g/mol. The van der Waals surface area contributed by atoms with Crippen LogP contribution in [0.25, 0.3) is 10.9 Å².